The first-order valence-electron chi connectivity index (χ1n) is 1.49. The molecule has 4 heteroatoms. The summed E-state index contributed by atoms with van der Waals surface area (Å²) in [5.74, 6) is 0. The summed E-state index contributed by atoms with van der Waals surface area (Å²) in [7, 11) is 4.67. The quantitative estimate of drug-likeness (QED) is 0.707. The van der Waals surface area contributed by atoms with Gasteiger partial charge in [0.25, 0.3) is 0 Å². The van der Waals surface area contributed by atoms with Gasteiger partial charge in [0.05, 0.1) is 0 Å². The standard InChI is InChI=1S/C3H3N2.ClH.Os/c1-2-5-3-4-1;;/h1-2H,(H,4,5);1H;/q-1;;+1/p-1. The van der Waals surface area contributed by atoms with E-state index in [0.29, 0.717) is 0 Å². The van der Waals surface area contributed by atoms with Gasteiger partial charge in [-0.15, -0.1) is 12.4 Å². The normalized spacial score (nSPS) is 6.57. The number of aromatic nitrogens is 2. The molecule has 1 N–H and O–H groups in total. The summed E-state index contributed by atoms with van der Waals surface area (Å²) in [4.78, 5) is 6.17. The Kier molecular flexibility index (Phi) is 6.26. The average molecular weight is 293 g/mol. The van der Waals surface area contributed by atoms with E-state index >= 15 is 0 Å². The molecule has 1 aromatic heterocycles. The second-order valence-corrected chi connectivity index (χ2v) is 0.701. The zero-order valence-corrected chi connectivity index (χ0v) is 6.63. The number of hydrogen-bond acceptors (Lipinski definition) is 1. The van der Waals surface area contributed by atoms with Crippen LogP contribution in [0.25, 0.3) is 0 Å². The average Bonchev–Trinajstić information content (AvgIpc) is 2.23. The van der Waals surface area contributed by atoms with Crippen LogP contribution in [0.2, 0.25) is 0 Å². The van der Waals surface area contributed by atoms with Gasteiger partial charge in [0.1, 0.15) is 0 Å². The van der Waals surface area contributed by atoms with E-state index < -0.39 is 0 Å². The number of nitrogens with zero attached hydrogens (tertiary/aromatic N) is 1. The predicted octanol–water partition coefficient (Wildman–Crippen LogP) is 0.897. The Labute approximate surface area is 56.2 Å². The first-order chi connectivity index (χ1) is 3.50. The third-order valence-corrected chi connectivity index (χ3v) is 0.362. The van der Waals surface area contributed by atoms with Crippen molar-refractivity contribution < 1.29 is 17.6 Å². The largest absolute Gasteiger partial charge is 0.467 e. The van der Waals surface area contributed by atoms with Crippen LogP contribution in [0.4, 0.5) is 0 Å². The van der Waals surface area contributed by atoms with E-state index in [0.717, 1.165) is 0 Å². The second-order valence-electron chi connectivity index (χ2n) is 0.701. The van der Waals surface area contributed by atoms with Gasteiger partial charge in [0.15, 0.2) is 0 Å². The smallest absolute Gasteiger partial charge is 0.00235 e. The van der Waals surface area contributed by atoms with Crippen molar-refractivity contribution in [3.8, 4) is 0 Å². The molecular weight excluding hydrogens is 290 g/mol. The molecule has 0 fully saturated rings. The molecule has 0 saturated carbocycles. The van der Waals surface area contributed by atoms with Crippen LogP contribution in [0.15, 0.2) is 12.4 Å². The molecule has 0 aliphatic rings. The first kappa shape index (κ1) is 7.14. The van der Waals surface area contributed by atoms with Crippen LogP contribution in [0.1, 0.15) is 0 Å². The van der Waals surface area contributed by atoms with Crippen LogP contribution in [0.5, 0.6) is 0 Å². The summed E-state index contributed by atoms with van der Waals surface area (Å²) in [5.41, 5.74) is 0. The Bertz CT molecular complexity index is 69.4. The predicted molar refractivity (Wildman–Crippen MR) is 23.3 cm³/mol. The molecule has 0 radical (unpaired) electrons. The minimum Gasteiger partial charge on any atom is -0.467 e. The van der Waals surface area contributed by atoms with E-state index in [-0.39, 0.29) is 0 Å². The van der Waals surface area contributed by atoms with E-state index in [9.17, 15) is 0 Å². The summed E-state index contributed by atoms with van der Waals surface area (Å²) in [6.45, 7) is 0. The van der Waals surface area contributed by atoms with Crippen molar-refractivity contribution in [3.05, 3.63) is 18.7 Å². The zero-order valence-electron chi connectivity index (χ0n) is 3.33. The summed E-state index contributed by atoms with van der Waals surface area (Å²) in [5, 5.41) is 0. The fraction of sp³-hybridized carbons (Fsp3) is 0. The molecule has 0 saturated heterocycles. The molecular formula is C3H3ClN2Os-. The van der Waals surface area contributed by atoms with Crippen LogP contribution in [-0.2, 0) is 17.6 Å². The fourth-order valence-corrected chi connectivity index (χ4v) is 0.186. The van der Waals surface area contributed by atoms with E-state index in [1.54, 1.807) is 12.4 Å². The molecule has 0 amide bonds. The number of imidazole rings is 1. The van der Waals surface area contributed by atoms with Crippen LogP contribution in [0, 0.1) is 6.33 Å². The van der Waals surface area contributed by atoms with Crippen molar-refractivity contribution in [3.63, 3.8) is 0 Å². The molecule has 1 aromatic rings. The zero-order chi connectivity index (χ0) is 5.54. The molecule has 0 unspecified atom stereocenters. The molecule has 0 bridgehead atoms. The maximum Gasteiger partial charge on any atom is -0.00235 e. The van der Waals surface area contributed by atoms with E-state index in [4.69, 9.17) is 0 Å². The summed E-state index contributed by atoms with van der Waals surface area (Å²) in [6, 6.07) is 0. The van der Waals surface area contributed by atoms with E-state index in [1.807, 2.05) is 0 Å². The minimum absolute atomic E-state index is 1.33. The molecule has 7 heavy (non-hydrogen) atoms. The number of H-pyrrole nitrogens is 1. The Hall–Kier alpha value is 0.136. The Morgan fingerprint density at radius 3 is 2.57 bits per heavy atom. The van der Waals surface area contributed by atoms with Gasteiger partial charge in [0.2, 0.25) is 0 Å². The molecule has 0 spiro atoms. The summed E-state index contributed by atoms with van der Waals surface area (Å²) >= 11 is 1.33. The molecule has 0 atom stereocenters. The van der Waals surface area contributed by atoms with Gasteiger partial charge in [-0.05, 0) is 6.33 Å². The molecule has 0 aliphatic heterocycles. The van der Waals surface area contributed by atoms with Crippen LogP contribution >= 0.6 is 9.64 Å². The number of rotatable bonds is 0. The molecule has 1 rings (SSSR count). The SMILES string of the molecule is [Cl][Os].[c-]1ncc[nH]1. The number of aromatic amines is 1. The topological polar surface area (TPSA) is 28.7 Å². The van der Waals surface area contributed by atoms with Gasteiger partial charge >= 0.3 is 27.2 Å². The first-order valence-corrected chi connectivity index (χ1v) is 4.64. The summed E-state index contributed by atoms with van der Waals surface area (Å²) in [6.07, 6.45) is 5.83. The maximum atomic E-state index is 4.67. The molecule has 0 aromatic carbocycles. The monoisotopic (exact) mass is 294 g/mol. The van der Waals surface area contributed by atoms with Gasteiger partial charge in [-0.2, -0.15) is 0 Å². The summed E-state index contributed by atoms with van der Waals surface area (Å²) < 4.78 is 0. The number of halogens is 1. The third-order valence-electron chi connectivity index (χ3n) is 0.362. The molecule has 2 nitrogen and oxygen atoms in total. The molecule has 1 heterocycles. The van der Waals surface area contributed by atoms with Crippen molar-refractivity contribution in [2.75, 3.05) is 0 Å². The van der Waals surface area contributed by atoms with Crippen LogP contribution < -0.4 is 0 Å². The van der Waals surface area contributed by atoms with Crippen molar-refractivity contribution in [1.82, 2.24) is 9.97 Å². The fourth-order valence-electron chi connectivity index (χ4n) is 0.186. The van der Waals surface area contributed by atoms with E-state index in [2.05, 4.69) is 25.9 Å². The number of nitrogens with one attached hydrogen (secondary N) is 1. The third kappa shape index (κ3) is 3.98. The van der Waals surface area contributed by atoms with Gasteiger partial charge in [-0.1, -0.05) is 0 Å². The van der Waals surface area contributed by atoms with Crippen LogP contribution in [-0.4, -0.2) is 9.97 Å². The van der Waals surface area contributed by atoms with Crippen molar-refractivity contribution >= 4 is 9.64 Å². The minimum atomic E-state index is 1.33. The van der Waals surface area contributed by atoms with Crippen molar-refractivity contribution in [2.45, 2.75) is 0 Å². The Morgan fingerprint density at radius 1 is 1.71 bits per heavy atom. The second kappa shape index (κ2) is 6.14. The Balaban J connectivity index is 0.000000162. The van der Waals surface area contributed by atoms with Gasteiger partial charge in [-0.3, -0.25) is 0 Å². The van der Waals surface area contributed by atoms with E-state index in [1.165, 1.54) is 17.6 Å². The van der Waals surface area contributed by atoms with Gasteiger partial charge in [0, 0.05) is 0 Å². The number of hydrogen-bond donors (Lipinski definition) is 1. The maximum absolute atomic E-state index is 4.67. The van der Waals surface area contributed by atoms with Gasteiger partial charge < -0.3 is 9.97 Å². The molecule has 0 aliphatic carbocycles. The van der Waals surface area contributed by atoms with Crippen molar-refractivity contribution in [1.29, 1.82) is 0 Å². The Morgan fingerprint density at radius 2 is 2.43 bits per heavy atom. The molecule has 41 valence electrons. The van der Waals surface area contributed by atoms with Crippen molar-refractivity contribution in [2.24, 2.45) is 0 Å². The van der Waals surface area contributed by atoms with Gasteiger partial charge in [-0.25, -0.2) is 0 Å². The van der Waals surface area contributed by atoms with Crippen LogP contribution in [0.3, 0.4) is 0 Å².